The quantitative estimate of drug-likeness (QED) is 0.716. The summed E-state index contributed by atoms with van der Waals surface area (Å²) in [6, 6.07) is 8.59. The van der Waals surface area contributed by atoms with Crippen molar-refractivity contribution >= 4 is 23.6 Å². The number of carbonyl (C=O) groups is 1. The van der Waals surface area contributed by atoms with Crippen LogP contribution in [0.25, 0.3) is 6.08 Å². The maximum absolute atomic E-state index is 12.9. The van der Waals surface area contributed by atoms with Crippen molar-refractivity contribution in [3.8, 4) is 11.5 Å². The van der Waals surface area contributed by atoms with Crippen molar-refractivity contribution in [2.45, 2.75) is 12.7 Å². The van der Waals surface area contributed by atoms with Crippen molar-refractivity contribution in [2.75, 3.05) is 14.2 Å². The third-order valence-electron chi connectivity index (χ3n) is 3.67. The summed E-state index contributed by atoms with van der Waals surface area (Å²) in [6.45, 7) is 0.185. The highest BCUT2D eigenvalue weighted by Crippen LogP contribution is 2.35. The van der Waals surface area contributed by atoms with E-state index in [0.717, 1.165) is 23.8 Å². The van der Waals surface area contributed by atoms with Gasteiger partial charge >= 0.3 is 6.18 Å². The van der Waals surface area contributed by atoms with Crippen LogP contribution in [0, 0.1) is 0 Å². The molecule has 2 aromatic carbocycles. The number of halogens is 4. The average molecular weight is 400 g/mol. The van der Waals surface area contributed by atoms with Crippen LogP contribution in [0.1, 0.15) is 16.7 Å². The van der Waals surface area contributed by atoms with Crippen LogP contribution < -0.4 is 14.8 Å². The van der Waals surface area contributed by atoms with Gasteiger partial charge in [-0.25, -0.2) is 0 Å². The van der Waals surface area contributed by atoms with E-state index in [1.54, 1.807) is 18.2 Å². The highest BCUT2D eigenvalue weighted by Gasteiger charge is 2.33. The normalized spacial score (nSPS) is 11.5. The van der Waals surface area contributed by atoms with Gasteiger partial charge in [-0.1, -0.05) is 17.7 Å². The Labute approximate surface area is 159 Å². The van der Waals surface area contributed by atoms with Crippen LogP contribution in [0.4, 0.5) is 13.2 Å². The molecule has 2 rings (SSSR count). The van der Waals surface area contributed by atoms with Gasteiger partial charge in [-0.15, -0.1) is 0 Å². The molecule has 0 spiro atoms. The van der Waals surface area contributed by atoms with E-state index in [2.05, 4.69) is 5.32 Å². The molecule has 0 heterocycles. The highest BCUT2D eigenvalue weighted by molar-refractivity contribution is 6.31. The fraction of sp³-hybridized carbons (Fsp3) is 0.211. The summed E-state index contributed by atoms with van der Waals surface area (Å²) in [6.07, 6.45) is -2.13. The van der Waals surface area contributed by atoms with Gasteiger partial charge in [0, 0.05) is 24.3 Å². The van der Waals surface area contributed by atoms with Crippen molar-refractivity contribution in [3.05, 3.63) is 64.2 Å². The molecule has 8 heteroatoms. The van der Waals surface area contributed by atoms with E-state index in [1.807, 2.05) is 0 Å². The molecule has 0 saturated carbocycles. The minimum atomic E-state index is -4.56. The minimum absolute atomic E-state index is 0.185. The Morgan fingerprint density at radius 1 is 1.15 bits per heavy atom. The molecule has 0 aromatic heterocycles. The fourth-order valence-electron chi connectivity index (χ4n) is 2.27. The number of hydrogen-bond donors (Lipinski definition) is 1. The monoisotopic (exact) mass is 399 g/mol. The van der Waals surface area contributed by atoms with Gasteiger partial charge < -0.3 is 14.8 Å². The largest absolute Gasteiger partial charge is 0.497 e. The molecule has 0 unspecified atom stereocenters. The Bertz CT molecular complexity index is 851. The van der Waals surface area contributed by atoms with Crippen LogP contribution in [0.5, 0.6) is 11.5 Å². The third kappa shape index (κ3) is 5.65. The second-order valence-corrected chi connectivity index (χ2v) is 5.87. The predicted octanol–water partition coefficient (Wildman–Crippen LogP) is 4.71. The van der Waals surface area contributed by atoms with Crippen molar-refractivity contribution < 1.29 is 27.4 Å². The number of carbonyl (C=O) groups excluding carboxylic acids is 1. The molecule has 1 N–H and O–H groups in total. The van der Waals surface area contributed by atoms with E-state index < -0.39 is 22.7 Å². The average Bonchev–Trinajstić information content (AvgIpc) is 2.64. The van der Waals surface area contributed by atoms with Crippen molar-refractivity contribution in [1.29, 1.82) is 0 Å². The Morgan fingerprint density at radius 2 is 1.89 bits per heavy atom. The smallest absolute Gasteiger partial charge is 0.417 e. The minimum Gasteiger partial charge on any atom is -0.497 e. The van der Waals surface area contributed by atoms with Gasteiger partial charge in [0.1, 0.15) is 11.5 Å². The maximum atomic E-state index is 12.9. The standard InChI is InChI=1S/C19H17ClF3NO3/c1-26-14-6-5-13(17(10-14)27-2)11-24-18(25)8-4-12-3-7-16(20)15(9-12)19(21,22)23/h3-10H,11H2,1-2H3,(H,24,25)/b8-4+. The molecule has 0 aliphatic heterocycles. The lowest BCUT2D eigenvalue weighted by Crippen LogP contribution is -2.20. The maximum Gasteiger partial charge on any atom is 0.417 e. The van der Waals surface area contributed by atoms with E-state index in [1.165, 1.54) is 26.4 Å². The summed E-state index contributed by atoms with van der Waals surface area (Å²) in [5, 5.41) is 2.25. The molecule has 0 saturated heterocycles. The summed E-state index contributed by atoms with van der Waals surface area (Å²) >= 11 is 5.57. The van der Waals surface area contributed by atoms with Gasteiger partial charge in [-0.05, 0) is 35.9 Å². The SMILES string of the molecule is COc1ccc(CNC(=O)/C=C/c2ccc(Cl)c(C(F)(F)F)c2)c(OC)c1. The molecule has 0 aliphatic rings. The second kappa shape index (κ2) is 8.81. The van der Waals surface area contributed by atoms with Crippen LogP contribution in [0.15, 0.2) is 42.5 Å². The zero-order valence-corrected chi connectivity index (χ0v) is 15.3. The summed E-state index contributed by atoms with van der Waals surface area (Å²) in [7, 11) is 3.03. The number of ether oxygens (including phenoxy) is 2. The van der Waals surface area contributed by atoms with E-state index in [-0.39, 0.29) is 12.1 Å². The molecule has 4 nitrogen and oxygen atoms in total. The van der Waals surface area contributed by atoms with Gasteiger partial charge in [0.05, 0.1) is 24.8 Å². The molecular weight excluding hydrogens is 383 g/mol. The number of hydrogen-bond acceptors (Lipinski definition) is 3. The molecule has 27 heavy (non-hydrogen) atoms. The second-order valence-electron chi connectivity index (χ2n) is 5.47. The Balaban J connectivity index is 2.04. The number of amides is 1. The summed E-state index contributed by atoms with van der Waals surface area (Å²) in [5.74, 6) is 0.701. The molecular formula is C19H17ClF3NO3. The van der Waals surface area contributed by atoms with Crippen LogP contribution in [-0.2, 0) is 17.5 Å². The van der Waals surface area contributed by atoms with E-state index >= 15 is 0 Å². The molecule has 0 aliphatic carbocycles. The zero-order chi connectivity index (χ0) is 20.0. The first-order valence-electron chi connectivity index (χ1n) is 7.78. The first-order valence-corrected chi connectivity index (χ1v) is 8.16. The first-order chi connectivity index (χ1) is 12.7. The van der Waals surface area contributed by atoms with Crippen LogP contribution >= 0.6 is 11.6 Å². The number of nitrogens with one attached hydrogen (secondary N) is 1. The molecule has 2 aromatic rings. The molecule has 0 bridgehead atoms. The number of methoxy groups -OCH3 is 2. The third-order valence-corrected chi connectivity index (χ3v) is 4.00. The predicted molar refractivity (Wildman–Crippen MR) is 96.9 cm³/mol. The van der Waals surface area contributed by atoms with Crippen LogP contribution in [0.2, 0.25) is 5.02 Å². The number of alkyl halides is 3. The van der Waals surface area contributed by atoms with Gasteiger partial charge in [0.25, 0.3) is 0 Å². The first kappa shape index (κ1) is 20.6. The van der Waals surface area contributed by atoms with E-state index in [4.69, 9.17) is 21.1 Å². The number of rotatable bonds is 6. The fourth-order valence-corrected chi connectivity index (χ4v) is 2.50. The lowest BCUT2D eigenvalue weighted by molar-refractivity contribution is -0.137. The van der Waals surface area contributed by atoms with E-state index in [9.17, 15) is 18.0 Å². The van der Waals surface area contributed by atoms with Gasteiger partial charge in [0.2, 0.25) is 5.91 Å². The molecule has 0 atom stereocenters. The van der Waals surface area contributed by atoms with Gasteiger partial charge in [-0.2, -0.15) is 13.2 Å². The summed E-state index contributed by atoms with van der Waals surface area (Å²) in [5.41, 5.74) is -0.00972. The zero-order valence-electron chi connectivity index (χ0n) is 14.6. The Hall–Kier alpha value is -2.67. The Morgan fingerprint density at radius 3 is 2.52 bits per heavy atom. The lowest BCUT2D eigenvalue weighted by Gasteiger charge is -2.11. The summed E-state index contributed by atoms with van der Waals surface area (Å²) < 4.78 is 48.9. The molecule has 0 fully saturated rings. The Kier molecular flexibility index (Phi) is 6.74. The van der Waals surface area contributed by atoms with Gasteiger partial charge in [0.15, 0.2) is 0 Å². The highest BCUT2D eigenvalue weighted by atomic mass is 35.5. The van der Waals surface area contributed by atoms with Crippen molar-refractivity contribution in [1.82, 2.24) is 5.32 Å². The molecule has 0 radical (unpaired) electrons. The van der Waals surface area contributed by atoms with Crippen LogP contribution in [-0.4, -0.2) is 20.1 Å². The number of benzene rings is 2. The molecule has 1 amide bonds. The molecule has 144 valence electrons. The van der Waals surface area contributed by atoms with E-state index in [0.29, 0.717) is 11.5 Å². The summed E-state index contributed by atoms with van der Waals surface area (Å²) in [4.78, 5) is 11.9. The van der Waals surface area contributed by atoms with Crippen molar-refractivity contribution in [3.63, 3.8) is 0 Å². The topological polar surface area (TPSA) is 47.6 Å². The van der Waals surface area contributed by atoms with Crippen LogP contribution in [0.3, 0.4) is 0 Å². The lowest BCUT2D eigenvalue weighted by atomic mass is 10.1. The van der Waals surface area contributed by atoms with Crippen molar-refractivity contribution in [2.24, 2.45) is 0 Å². The van der Waals surface area contributed by atoms with Gasteiger partial charge in [-0.3, -0.25) is 4.79 Å².